The highest BCUT2D eigenvalue weighted by atomic mass is 32.1. The first-order valence-electron chi connectivity index (χ1n) is 8.07. The zero-order valence-corrected chi connectivity index (χ0v) is 13.8. The van der Waals surface area contributed by atoms with Gasteiger partial charge in [0.1, 0.15) is 0 Å². The Morgan fingerprint density at radius 3 is 2.68 bits per heavy atom. The summed E-state index contributed by atoms with van der Waals surface area (Å²) in [6.45, 7) is 6.13. The van der Waals surface area contributed by atoms with Crippen molar-refractivity contribution < 1.29 is 9.59 Å². The SMILES string of the molecule is CCCN1CCN(C2CCN(C(=O)c3ccsc3)CC2)C1=O. The van der Waals surface area contributed by atoms with E-state index in [4.69, 9.17) is 0 Å². The van der Waals surface area contributed by atoms with Gasteiger partial charge >= 0.3 is 6.03 Å². The average Bonchev–Trinajstić information content (AvgIpc) is 3.18. The van der Waals surface area contributed by atoms with Gasteiger partial charge in [0, 0.05) is 44.1 Å². The summed E-state index contributed by atoms with van der Waals surface area (Å²) in [6, 6.07) is 2.36. The molecule has 5 nitrogen and oxygen atoms in total. The summed E-state index contributed by atoms with van der Waals surface area (Å²) in [5.74, 6) is 0.125. The van der Waals surface area contributed by atoms with Gasteiger partial charge in [-0.2, -0.15) is 11.3 Å². The lowest BCUT2D eigenvalue weighted by atomic mass is 10.0. The maximum absolute atomic E-state index is 12.4. The highest BCUT2D eigenvalue weighted by Gasteiger charge is 2.35. The Kier molecular flexibility index (Phi) is 4.66. The van der Waals surface area contributed by atoms with Crippen molar-refractivity contribution in [3.8, 4) is 0 Å². The number of nitrogens with zero attached hydrogens (tertiary/aromatic N) is 3. The number of urea groups is 1. The van der Waals surface area contributed by atoms with Crippen LogP contribution >= 0.6 is 11.3 Å². The van der Waals surface area contributed by atoms with Gasteiger partial charge in [-0.15, -0.1) is 0 Å². The van der Waals surface area contributed by atoms with Gasteiger partial charge in [-0.05, 0) is 30.7 Å². The molecule has 2 saturated heterocycles. The Bertz CT molecular complexity index is 524. The van der Waals surface area contributed by atoms with Gasteiger partial charge in [-0.1, -0.05) is 6.92 Å². The van der Waals surface area contributed by atoms with Crippen LogP contribution in [0.15, 0.2) is 16.8 Å². The number of carbonyl (C=O) groups is 2. The third-order valence-electron chi connectivity index (χ3n) is 4.58. The molecule has 0 unspecified atom stereocenters. The van der Waals surface area contributed by atoms with E-state index in [2.05, 4.69) is 6.92 Å². The second-order valence-electron chi connectivity index (χ2n) is 6.00. The number of likely N-dealkylation sites (tertiary alicyclic amines) is 1. The normalized spacial score (nSPS) is 20.0. The van der Waals surface area contributed by atoms with E-state index in [9.17, 15) is 9.59 Å². The van der Waals surface area contributed by atoms with Crippen LogP contribution in [-0.4, -0.2) is 65.4 Å². The van der Waals surface area contributed by atoms with Crippen molar-refractivity contribution in [2.75, 3.05) is 32.7 Å². The molecular formula is C16H23N3O2S. The summed E-state index contributed by atoms with van der Waals surface area (Å²) in [5, 5.41) is 3.84. The quantitative estimate of drug-likeness (QED) is 0.855. The summed E-state index contributed by atoms with van der Waals surface area (Å²) in [4.78, 5) is 30.6. The fourth-order valence-electron chi connectivity index (χ4n) is 3.37. The largest absolute Gasteiger partial charge is 0.338 e. The Balaban J connectivity index is 1.54. The highest BCUT2D eigenvalue weighted by Crippen LogP contribution is 2.23. The van der Waals surface area contributed by atoms with Crippen LogP contribution < -0.4 is 0 Å². The van der Waals surface area contributed by atoms with Gasteiger partial charge in [0.25, 0.3) is 5.91 Å². The van der Waals surface area contributed by atoms with Crippen molar-refractivity contribution in [3.63, 3.8) is 0 Å². The lowest BCUT2D eigenvalue weighted by molar-refractivity contribution is 0.0664. The molecular weight excluding hydrogens is 298 g/mol. The molecule has 3 amide bonds. The summed E-state index contributed by atoms with van der Waals surface area (Å²) in [7, 11) is 0. The molecule has 22 heavy (non-hydrogen) atoms. The van der Waals surface area contributed by atoms with Crippen LogP contribution in [0.3, 0.4) is 0 Å². The average molecular weight is 321 g/mol. The fourth-order valence-corrected chi connectivity index (χ4v) is 4.00. The third kappa shape index (κ3) is 2.97. The minimum Gasteiger partial charge on any atom is -0.338 e. The van der Waals surface area contributed by atoms with Gasteiger partial charge in [0.15, 0.2) is 0 Å². The van der Waals surface area contributed by atoms with E-state index in [1.165, 1.54) is 0 Å². The van der Waals surface area contributed by atoms with E-state index < -0.39 is 0 Å². The first-order valence-corrected chi connectivity index (χ1v) is 9.02. The number of hydrogen-bond acceptors (Lipinski definition) is 3. The molecule has 0 bridgehead atoms. The Labute approximate surface area is 135 Å². The molecule has 120 valence electrons. The van der Waals surface area contributed by atoms with Crippen LogP contribution in [0.25, 0.3) is 0 Å². The summed E-state index contributed by atoms with van der Waals surface area (Å²) >= 11 is 1.55. The van der Waals surface area contributed by atoms with Gasteiger partial charge in [0.05, 0.1) is 5.56 Å². The molecule has 0 aliphatic carbocycles. The molecule has 6 heteroatoms. The summed E-state index contributed by atoms with van der Waals surface area (Å²) < 4.78 is 0. The predicted octanol–water partition coefficient (Wildman–Crippen LogP) is 2.50. The van der Waals surface area contributed by atoms with Crippen molar-refractivity contribution >= 4 is 23.3 Å². The van der Waals surface area contributed by atoms with Gasteiger partial charge in [-0.25, -0.2) is 4.79 Å². The molecule has 0 saturated carbocycles. The van der Waals surface area contributed by atoms with E-state index >= 15 is 0 Å². The van der Waals surface area contributed by atoms with Crippen molar-refractivity contribution in [1.82, 2.24) is 14.7 Å². The molecule has 0 aromatic carbocycles. The van der Waals surface area contributed by atoms with Crippen molar-refractivity contribution in [2.45, 2.75) is 32.2 Å². The topological polar surface area (TPSA) is 43.9 Å². The number of piperidine rings is 1. The molecule has 3 heterocycles. The highest BCUT2D eigenvalue weighted by molar-refractivity contribution is 7.08. The summed E-state index contributed by atoms with van der Waals surface area (Å²) in [6.07, 6.45) is 2.79. The van der Waals surface area contributed by atoms with Crippen molar-refractivity contribution in [3.05, 3.63) is 22.4 Å². The monoisotopic (exact) mass is 321 g/mol. The van der Waals surface area contributed by atoms with E-state index in [0.29, 0.717) is 6.04 Å². The molecule has 1 aromatic heterocycles. The zero-order chi connectivity index (χ0) is 15.5. The first kappa shape index (κ1) is 15.3. The number of rotatable bonds is 4. The number of amides is 3. The predicted molar refractivity (Wildman–Crippen MR) is 87.2 cm³/mol. The minimum atomic E-state index is 0.125. The number of carbonyl (C=O) groups excluding carboxylic acids is 2. The van der Waals surface area contributed by atoms with Gasteiger partial charge in [-0.3, -0.25) is 4.79 Å². The lowest BCUT2D eigenvalue weighted by Crippen LogP contribution is -2.48. The smallest absolute Gasteiger partial charge is 0.320 e. The Morgan fingerprint density at radius 1 is 1.27 bits per heavy atom. The maximum Gasteiger partial charge on any atom is 0.320 e. The van der Waals surface area contributed by atoms with E-state index in [1.807, 2.05) is 31.5 Å². The second-order valence-corrected chi connectivity index (χ2v) is 6.78. The van der Waals surface area contributed by atoms with Crippen molar-refractivity contribution in [1.29, 1.82) is 0 Å². The van der Waals surface area contributed by atoms with Crippen LogP contribution in [0, 0.1) is 0 Å². The molecule has 2 aliphatic rings. The lowest BCUT2D eigenvalue weighted by Gasteiger charge is -2.36. The van der Waals surface area contributed by atoms with Gasteiger partial charge < -0.3 is 14.7 Å². The van der Waals surface area contributed by atoms with Crippen LogP contribution in [0.1, 0.15) is 36.5 Å². The van der Waals surface area contributed by atoms with Crippen LogP contribution in [0.4, 0.5) is 4.79 Å². The minimum absolute atomic E-state index is 0.125. The number of thiophene rings is 1. The van der Waals surface area contributed by atoms with Gasteiger partial charge in [0.2, 0.25) is 0 Å². The molecule has 0 atom stereocenters. The molecule has 0 N–H and O–H groups in total. The van der Waals surface area contributed by atoms with E-state index in [0.717, 1.165) is 57.5 Å². The molecule has 0 spiro atoms. The third-order valence-corrected chi connectivity index (χ3v) is 5.26. The molecule has 1 aromatic rings. The molecule has 2 aliphatic heterocycles. The Hall–Kier alpha value is -1.56. The molecule has 3 rings (SSSR count). The van der Waals surface area contributed by atoms with Crippen LogP contribution in [-0.2, 0) is 0 Å². The van der Waals surface area contributed by atoms with Crippen LogP contribution in [0.5, 0.6) is 0 Å². The second kappa shape index (κ2) is 6.69. The maximum atomic E-state index is 12.4. The Morgan fingerprint density at radius 2 is 2.05 bits per heavy atom. The first-order chi connectivity index (χ1) is 10.7. The van der Waals surface area contributed by atoms with E-state index in [-0.39, 0.29) is 11.9 Å². The standard InChI is InChI=1S/C16H23N3O2S/c1-2-6-18-9-10-19(16(18)21)14-3-7-17(8-4-14)15(20)13-5-11-22-12-13/h5,11-12,14H,2-4,6-10H2,1H3. The number of hydrogen-bond donors (Lipinski definition) is 0. The molecule has 0 radical (unpaired) electrons. The van der Waals surface area contributed by atoms with E-state index in [1.54, 1.807) is 11.3 Å². The zero-order valence-electron chi connectivity index (χ0n) is 13.0. The van der Waals surface area contributed by atoms with Crippen molar-refractivity contribution in [2.24, 2.45) is 0 Å². The fraction of sp³-hybridized carbons (Fsp3) is 0.625. The summed E-state index contributed by atoms with van der Waals surface area (Å²) in [5.41, 5.74) is 0.787. The van der Waals surface area contributed by atoms with Crippen LogP contribution in [0.2, 0.25) is 0 Å². The molecule has 2 fully saturated rings.